The molecule has 0 spiro atoms. The molecule has 4 heteroatoms. The monoisotopic (exact) mass is 342 g/mol. The molecule has 0 aromatic rings. The molecule has 0 radical (unpaired) electrons. The third-order valence-electron chi connectivity index (χ3n) is 4.85. The molecule has 0 aliphatic carbocycles. The van der Waals surface area contributed by atoms with Gasteiger partial charge in [0, 0.05) is 12.3 Å². The molecule has 0 bridgehead atoms. The SMILES string of the molecule is CCCCC[C@@](C)(O)CCC[C@@H](CCCCCCC(=O)O)C(C)=O. The molecule has 0 aliphatic rings. The normalized spacial score (nSPS) is 15.0. The number of hydrogen-bond donors (Lipinski definition) is 2. The Hall–Kier alpha value is -0.900. The summed E-state index contributed by atoms with van der Waals surface area (Å²) in [5.41, 5.74) is -0.604. The van der Waals surface area contributed by atoms with Crippen molar-refractivity contribution < 1.29 is 19.8 Å². The Morgan fingerprint density at radius 1 is 0.917 bits per heavy atom. The minimum atomic E-state index is -0.734. The zero-order chi connectivity index (χ0) is 18.4. The summed E-state index contributed by atoms with van der Waals surface area (Å²) in [5, 5.41) is 19.0. The molecule has 0 heterocycles. The van der Waals surface area contributed by atoms with Crippen LogP contribution in [-0.2, 0) is 9.59 Å². The molecule has 0 amide bonds. The van der Waals surface area contributed by atoms with Gasteiger partial charge in [0.05, 0.1) is 5.60 Å². The second kappa shape index (κ2) is 13.4. The zero-order valence-corrected chi connectivity index (χ0v) is 16.0. The van der Waals surface area contributed by atoms with E-state index in [-0.39, 0.29) is 18.1 Å². The fourth-order valence-corrected chi connectivity index (χ4v) is 3.18. The van der Waals surface area contributed by atoms with Crippen LogP contribution in [0.5, 0.6) is 0 Å². The fourth-order valence-electron chi connectivity index (χ4n) is 3.18. The molecule has 0 aromatic carbocycles. The van der Waals surface area contributed by atoms with Crippen molar-refractivity contribution in [1.82, 2.24) is 0 Å². The van der Waals surface area contributed by atoms with E-state index in [0.29, 0.717) is 0 Å². The van der Waals surface area contributed by atoms with Crippen LogP contribution in [0, 0.1) is 5.92 Å². The van der Waals surface area contributed by atoms with Crippen molar-refractivity contribution in [2.45, 2.75) is 110 Å². The molecule has 0 aliphatic heterocycles. The highest BCUT2D eigenvalue weighted by Gasteiger charge is 2.21. The molecular formula is C20H38O4. The summed E-state index contributed by atoms with van der Waals surface area (Å²) in [6, 6.07) is 0. The molecular weight excluding hydrogens is 304 g/mol. The first-order valence-electron chi connectivity index (χ1n) is 9.73. The van der Waals surface area contributed by atoms with Crippen LogP contribution in [0.25, 0.3) is 0 Å². The number of carbonyl (C=O) groups excluding carboxylic acids is 1. The van der Waals surface area contributed by atoms with Crippen molar-refractivity contribution in [1.29, 1.82) is 0 Å². The van der Waals surface area contributed by atoms with E-state index in [2.05, 4.69) is 6.92 Å². The Bertz CT molecular complexity index is 350. The Morgan fingerprint density at radius 2 is 1.50 bits per heavy atom. The maximum atomic E-state index is 11.8. The van der Waals surface area contributed by atoms with Gasteiger partial charge < -0.3 is 10.2 Å². The number of rotatable bonds is 16. The largest absolute Gasteiger partial charge is 0.481 e. The van der Waals surface area contributed by atoms with Gasteiger partial charge in [-0.05, 0) is 52.4 Å². The van der Waals surface area contributed by atoms with Crippen molar-refractivity contribution >= 4 is 11.8 Å². The highest BCUT2D eigenvalue weighted by molar-refractivity contribution is 5.78. The summed E-state index contributed by atoms with van der Waals surface area (Å²) in [5.74, 6) is -0.398. The van der Waals surface area contributed by atoms with Crippen molar-refractivity contribution in [3.63, 3.8) is 0 Å². The van der Waals surface area contributed by atoms with E-state index >= 15 is 0 Å². The van der Waals surface area contributed by atoms with E-state index in [1.807, 2.05) is 6.92 Å². The van der Waals surface area contributed by atoms with E-state index < -0.39 is 11.6 Å². The van der Waals surface area contributed by atoms with Crippen molar-refractivity contribution in [3.8, 4) is 0 Å². The van der Waals surface area contributed by atoms with Crippen LogP contribution < -0.4 is 0 Å². The lowest BCUT2D eigenvalue weighted by atomic mass is 9.87. The number of carbonyl (C=O) groups is 2. The number of Topliss-reactive ketones (excluding diaryl/α,β-unsaturated/α-hetero) is 1. The number of ketones is 1. The number of carboxylic acids is 1. The van der Waals surface area contributed by atoms with Gasteiger partial charge in [0.2, 0.25) is 0 Å². The van der Waals surface area contributed by atoms with E-state index in [4.69, 9.17) is 5.11 Å². The smallest absolute Gasteiger partial charge is 0.303 e. The van der Waals surface area contributed by atoms with E-state index in [1.165, 1.54) is 0 Å². The van der Waals surface area contributed by atoms with Crippen LogP contribution in [0.3, 0.4) is 0 Å². The summed E-state index contributed by atoms with van der Waals surface area (Å²) >= 11 is 0. The maximum absolute atomic E-state index is 11.8. The van der Waals surface area contributed by atoms with E-state index in [0.717, 1.165) is 77.0 Å². The Balaban J connectivity index is 3.91. The fraction of sp³-hybridized carbons (Fsp3) is 0.900. The molecule has 24 heavy (non-hydrogen) atoms. The van der Waals surface area contributed by atoms with Crippen LogP contribution in [0.1, 0.15) is 104 Å². The van der Waals surface area contributed by atoms with Gasteiger partial charge in [-0.25, -0.2) is 0 Å². The van der Waals surface area contributed by atoms with Crippen LogP contribution >= 0.6 is 0 Å². The third kappa shape index (κ3) is 13.5. The van der Waals surface area contributed by atoms with Gasteiger partial charge in [0.1, 0.15) is 5.78 Å². The van der Waals surface area contributed by atoms with Crippen LogP contribution in [-0.4, -0.2) is 27.6 Å². The van der Waals surface area contributed by atoms with Gasteiger partial charge in [-0.2, -0.15) is 0 Å². The van der Waals surface area contributed by atoms with Gasteiger partial charge in [0.25, 0.3) is 0 Å². The third-order valence-corrected chi connectivity index (χ3v) is 4.85. The van der Waals surface area contributed by atoms with Gasteiger partial charge in [-0.1, -0.05) is 45.4 Å². The zero-order valence-electron chi connectivity index (χ0n) is 16.0. The second-order valence-electron chi connectivity index (χ2n) is 7.50. The molecule has 142 valence electrons. The first-order chi connectivity index (χ1) is 11.3. The number of carboxylic acid groups (broad SMARTS) is 1. The lowest BCUT2D eigenvalue weighted by molar-refractivity contribution is -0.137. The summed E-state index contributed by atoms with van der Waals surface area (Å²) in [6.45, 7) is 5.73. The second-order valence-corrected chi connectivity index (χ2v) is 7.50. The Labute approximate surface area is 148 Å². The highest BCUT2D eigenvalue weighted by Crippen LogP contribution is 2.25. The minimum Gasteiger partial charge on any atom is -0.481 e. The number of aliphatic hydroxyl groups is 1. The molecule has 0 saturated carbocycles. The standard InChI is InChI=1S/C20H38O4/c1-4-5-10-15-20(3,24)16-11-13-18(17(2)21)12-8-6-7-9-14-19(22)23/h18,24H,4-16H2,1-3H3,(H,22,23)/t18-,20-/m1/s1. The van der Waals surface area contributed by atoms with E-state index in [1.54, 1.807) is 6.92 Å². The van der Waals surface area contributed by atoms with Crippen molar-refractivity contribution in [2.75, 3.05) is 0 Å². The van der Waals surface area contributed by atoms with Crippen LogP contribution in [0.2, 0.25) is 0 Å². The summed E-state index contributed by atoms with van der Waals surface area (Å²) in [4.78, 5) is 22.2. The molecule has 0 aromatic heterocycles. The average molecular weight is 343 g/mol. The topological polar surface area (TPSA) is 74.6 Å². The molecule has 0 unspecified atom stereocenters. The molecule has 0 fully saturated rings. The first-order valence-corrected chi connectivity index (χ1v) is 9.73. The summed E-state index contributed by atoms with van der Waals surface area (Å²) < 4.78 is 0. The van der Waals surface area contributed by atoms with E-state index in [9.17, 15) is 14.7 Å². The van der Waals surface area contributed by atoms with Crippen LogP contribution in [0.15, 0.2) is 0 Å². The molecule has 2 atom stereocenters. The predicted octanol–water partition coefficient (Wildman–Crippen LogP) is 5.12. The van der Waals surface area contributed by atoms with Crippen molar-refractivity contribution in [2.24, 2.45) is 5.92 Å². The maximum Gasteiger partial charge on any atom is 0.303 e. The predicted molar refractivity (Wildman–Crippen MR) is 98.1 cm³/mol. The lowest BCUT2D eigenvalue weighted by Crippen LogP contribution is -2.24. The number of unbranched alkanes of at least 4 members (excludes halogenated alkanes) is 5. The van der Waals surface area contributed by atoms with Gasteiger partial charge in [0.15, 0.2) is 0 Å². The first kappa shape index (κ1) is 23.1. The van der Waals surface area contributed by atoms with Crippen LogP contribution in [0.4, 0.5) is 0 Å². The minimum absolute atomic E-state index is 0.0934. The number of hydrogen-bond acceptors (Lipinski definition) is 3. The summed E-state index contributed by atoms with van der Waals surface area (Å²) in [7, 11) is 0. The quantitative estimate of drug-likeness (QED) is 0.382. The lowest BCUT2D eigenvalue weighted by Gasteiger charge is -2.24. The van der Waals surface area contributed by atoms with Crippen molar-refractivity contribution in [3.05, 3.63) is 0 Å². The molecule has 0 rings (SSSR count). The molecule has 2 N–H and O–H groups in total. The molecule has 0 saturated heterocycles. The molecule has 4 nitrogen and oxygen atoms in total. The van der Waals surface area contributed by atoms with Gasteiger partial charge in [-0.3, -0.25) is 9.59 Å². The van der Waals surface area contributed by atoms with Gasteiger partial charge in [-0.15, -0.1) is 0 Å². The number of aliphatic carboxylic acids is 1. The highest BCUT2D eigenvalue weighted by atomic mass is 16.4. The Kier molecular flexibility index (Phi) is 12.9. The Morgan fingerprint density at radius 3 is 2.08 bits per heavy atom. The summed E-state index contributed by atoms with van der Waals surface area (Å²) in [6.07, 6.45) is 11.5. The average Bonchev–Trinajstić information content (AvgIpc) is 2.48. The van der Waals surface area contributed by atoms with Gasteiger partial charge >= 0.3 is 5.97 Å².